The quantitative estimate of drug-likeness (QED) is 0.927. The molecule has 0 heterocycles. The number of nitrogens with two attached hydrogens (primary N) is 1. The molecule has 1 aromatic carbocycles. The molecule has 106 valence electrons. The molecule has 0 saturated heterocycles. The van der Waals surface area contributed by atoms with Crippen LogP contribution in [-0.2, 0) is 10.0 Å². The summed E-state index contributed by atoms with van der Waals surface area (Å²) in [5.74, 6) is 1.01. The molecule has 4 nitrogen and oxygen atoms in total. The topological polar surface area (TPSA) is 69.4 Å². The van der Waals surface area contributed by atoms with E-state index in [4.69, 9.17) is 9.88 Å². The number of hydrogen-bond donors (Lipinski definition) is 1. The lowest BCUT2D eigenvalue weighted by Crippen LogP contribution is -2.25. The second-order valence-corrected chi connectivity index (χ2v) is 7.04. The number of ether oxygens (including phenoxy) is 1. The van der Waals surface area contributed by atoms with Crippen LogP contribution in [0.2, 0.25) is 0 Å². The van der Waals surface area contributed by atoms with Gasteiger partial charge in [0, 0.05) is 0 Å². The van der Waals surface area contributed by atoms with Gasteiger partial charge in [0.15, 0.2) is 0 Å². The maximum Gasteiger partial charge on any atom is 0.241 e. The van der Waals surface area contributed by atoms with Gasteiger partial charge in [-0.15, -0.1) is 0 Å². The highest BCUT2D eigenvalue weighted by Gasteiger charge is 2.23. The molecular formula is C14H21NO3S. The maximum atomic E-state index is 11.6. The Morgan fingerprint density at radius 3 is 2.68 bits per heavy atom. The van der Waals surface area contributed by atoms with Crippen LogP contribution in [0.25, 0.3) is 0 Å². The normalized spacial score (nSPS) is 24.2. The molecule has 1 fully saturated rings. The van der Waals surface area contributed by atoms with E-state index in [-0.39, 0.29) is 11.0 Å². The second kappa shape index (κ2) is 5.51. The zero-order valence-electron chi connectivity index (χ0n) is 11.4. The molecule has 2 rings (SSSR count). The molecule has 1 aromatic rings. The number of benzene rings is 1. The first-order valence-electron chi connectivity index (χ1n) is 6.66. The third-order valence-corrected chi connectivity index (χ3v) is 4.52. The molecule has 0 bridgehead atoms. The Hall–Kier alpha value is -1.07. The molecule has 0 spiro atoms. The predicted molar refractivity (Wildman–Crippen MR) is 74.6 cm³/mol. The Morgan fingerprint density at radius 1 is 1.32 bits per heavy atom. The van der Waals surface area contributed by atoms with Gasteiger partial charge < -0.3 is 4.74 Å². The van der Waals surface area contributed by atoms with Crippen molar-refractivity contribution in [2.75, 3.05) is 0 Å². The minimum absolute atomic E-state index is 0.0886. The molecular weight excluding hydrogens is 262 g/mol. The van der Waals surface area contributed by atoms with Crippen molar-refractivity contribution in [2.45, 2.75) is 50.5 Å². The van der Waals surface area contributed by atoms with Crippen molar-refractivity contribution in [1.82, 2.24) is 0 Å². The van der Waals surface area contributed by atoms with E-state index in [0.717, 1.165) is 24.8 Å². The highest BCUT2D eigenvalue weighted by molar-refractivity contribution is 7.89. The fraction of sp³-hybridized carbons (Fsp3) is 0.571. The van der Waals surface area contributed by atoms with Crippen molar-refractivity contribution in [1.29, 1.82) is 0 Å². The summed E-state index contributed by atoms with van der Waals surface area (Å²) in [7, 11) is -3.75. The van der Waals surface area contributed by atoms with Crippen molar-refractivity contribution < 1.29 is 13.2 Å². The smallest absolute Gasteiger partial charge is 0.241 e. The monoisotopic (exact) mass is 283 g/mol. The number of aryl methyl sites for hydroxylation is 1. The van der Waals surface area contributed by atoms with Gasteiger partial charge in [0.2, 0.25) is 10.0 Å². The Bertz CT molecular complexity index is 554. The van der Waals surface area contributed by atoms with E-state index in [0.29, 0.717) is 11.7 Å². The first-order chi connectivity index (χ1) is 8.86. The first kappa shape index (κ1) is 14.3. The highest BCUT2D eigenvalue weighted by Crippen LogP contribution is 2.30. The van der Waals surface area contributed by atoms with Gasteiger partial charge in [0.1, 0.15) is 10.6 Å². The van der Waals surface area contributed by atoms with Crippen molar-refractivity contribution in [2.24, 2.45) is 11.1 Å². The van der Waals surface area contributed by atoms with Crippen LogP contribution in [0.5, 0.6) is 5.75 Å². The van der Waals surface area contributed by atoms with Crippen LogP contribution in [0.1, 0.15) is 38.2 Å². The van der Waals surface area contributed by atoms with E-state index in [9.17, 15) is 8.42 Å². The van der Waals surface area contributed by atoms with Crippen molar-refractivity contribution in [3.05, 3.63) is 23.8 Å². The summed E-state index contributed by atoms with van der Waals surface area (Å²) < 4.78 is 29.1. The van der Waals surface area contributed by atoms with Gasteiger partial charge in [-0.25, -0.2) is 13.6 Å². The molecule has 1 aliphatic rings. The van der Waals surface area contributed by atoms with Crippen LogP contribution in [-0.4, -0.2) is 14.5 Å². The molecule has 2 atom stereocenters. The molecule has 1 saturated carbocycles. The van der Waals surface area contributed by atoms with Crippen molar-refractivity contribution >= 4 is 10.0 Å². The van der Waals surface area contributed by atoms with E-state index in [1.165, 1.54) is 6.42 Å². The van der Waals surface area contributed by atoms with Crippen molar-refractivity contribution in [3.63, 3.8) is 0 Å². The van der Waals surface area contributed by atoms with Crippen LogP contribution in [0.15, 0.2) is 23.1 Å². The molecule has 19 heavy (non-hydrogen) atoms. The van der Waals surface area contributed by atoms with Gasteiger partial charge >= 0.3 is 0 Å². The average molecular weight is 283 g/mol. The summed E-state index contributed by atoms with van der Waals surface area (Å²) >= 11 is 0. The number of primary sulfonamides is 1. The molecule has 1 aliphatic carbocycles. The van der Waals surface area contributed by atoms with E-state index in [2.05, 4.69) is 6.92 Å². The molecule has 0 aromatic heterocycles. The van der Waals surface area contributed by atoms with Crippen molar-refractivity contribution in [3.8, 4) is 5.75 Å². The van der Waals surface area contributed by atoms with E-state index < -0.39 is 10.0 Å². The predicted octanol–water partition coefficient (Wildman–Crippen LogP) is 2.60. The van der Waals surface area contributed by atoms with Gasteiger partial charge in [-0.2, -0.15) is 0 Å². The number of sulfonamides is 1. The van der Waals surface area contributed by atoms with Gasteiger partial charge in [0.05, 0.1) is 6.10 Å². The molecule has 0 aliphatic heterocycles. The molecule has 2 unspecified atom stereocenters. The van der Waals surface area contributed by atoms with Gasteiger partial charge in [0.25, 0.3) is 0 Å². The second-order valence-electron chi connectivity index (χ2n) is 5.51. The highest BCUT2D eigenvalue weighted by atomic mass is 32.2. The summed E-state index contributed by atoms with van der Waals surface area (Å²) in [5, 5.41) is 5.25. The van der Waals surface area contributed by atoms with Crippen LogP contribution >= 0.6 is 0 Å². The molecule has 5 heteroatoms. The Balaban J connectivity index is 2.25. The summed E-state index contributed by atoms with van der Waals surface area (Å²) in [5.41, 5.74) is 0.855. The SMILES string of the molecule is Cc1ccc(OC2CCCC(C)C2)c(S(N)(=O)=O)c1. The lowest BCUT2D eigenvalue weighted by atomic mass is 9.89. The number of rotatable bonds is 3. The van der Waals surface area contributed by atoms with Crippen LogP contribution < -0.4 is 9.88 Å². The fourth-order valence-corrected chi connectivity index (χ4v) is 3.35. The average Bonchev–Trinajstić information content (AvgIpc) is 2.30. The maximum absolute atomic E-state index is 11.6. The van der Waals surface area contributed by atoms with Crippen LogP contribution in [0.3, 0.4) is 0 Å². The third-order valence-electron chi connectivity index (χ3n) is 3.59. The third kappa shape index (κ3) is 3.70. The summed E-state index contributed by atoms with van der Waals surface area (Å²) in [4.78, 5) is 0.0886. The zero-order chi connectivity index (χ0) is 14.0. The Morgan fingerprint density at radius 2 is 2.05 bits per heavy atom. The molecule has 2 N–H and O–H groups in total. The Labute approximate surface area is 115 Å². The first-order valence-corrected chi connectivity index (χ1v) is 8.21. The summed E-state index contributed by atoms with van der Waals surface area (Å²) in [6, 6.07) is 5.11. The standard InChI is InChI=1S/C14H21NO3S/c1-10-4-3-5-12(8-10)18-13-7-6-11(2)9-14(13)19(15,16)17/h6-7,9-10,12H,3-5,8H2,1-2H3,(H2,15,16,17). The fourth-order valence-electron chi connectivity index (χ4n) is 2.60. The molecule has 0 radical (unpaired) electrons. The summed E-state index contributed by atoms with van der Waals surface area (Å²) in [6.07, 6.45) is 4.38. The lowest BCUT2D eigenvalue weighted by Gasteiger charge is -2.28. The van der Waals surface area contributed by atoms with E-state index in [1.54, 1.807) is 12.1 Å². The summed E-state index contributed by atoms with van der Waals surface area (Å²) in [6.45, 7) is 4.03. The zero-order valence-corrected chi connectivity index (χ0v) is 12.2. The lowest BCUT2D eigenvalue weighted by molar-refractivity contribution is 0.126. The van der Waals surface area contributed by atoms with Gasteiger partial charge in [-0.05, 0) is 49.8 Å². The van der Waals surface area contributed by atoms with E-state index in [1.807, 2.05) is 13.0 Å². The minimum atomic E-state index is -3.75. The van der Waals surface area contributed by atoms with Gasteiger partial charge in [-0.3, -0.25) is 0 Å². The molecule has 0 amide bonds. The van der Waals surface area contributed by atoms with Crippen LogP contribution in [0.4, 0.5) is 0 Å². The minimum Gasteiger partial charge on any atom is -0.489 e. The number of hydrogen-bond acceptors (Lipinski definition) is 3. The van der Waals surface area contributed by atoms with E-state index >= 15 is 0 Å². The largest absolute Gasteiger partial charge is 0.489 e. The van der Waals surface area contributed by atoms with Crippen LogP contribution in [0, 0.1) is 12.8 Å². The Kier molecular flexibility index (Phi) is 4.16. The van der Waals surface area contributed by atoms with Gasteiger partial charge in [-0.1, -0.05) is 19.4 Å².